The number of anilines is 1. The van der Waals surface area contributed by atoms with E-state index in [0.717, 1.165) is 30.8 Å². The van der Waals surface area contributed by atoms with Crippen LogP contribution in [0, 0.1) is 0 Å². The maximum absolute atomic E-state index is 13.0. The van der Waals surface area contributed by atoms with Gasteiger partial charge in [0.2, 0.25) is 0 Å². The number of carbonyl (C=O) groups excluding carboxylic acids is 2. The van der Waals surface area contributed by atoms with Crippen molar-refractivity contribution in [2.75, 3.05) is 31.5 Å². The molecule has 1 saturated heterocycles. The first-order chi connectivity index (χ1) is 18.2. The Kier molecular flexibility index (Phi) is 8.92. The molecule has 0 aromatic heterocycles. The summed E-state index contributed by atoms with van der Waals surface area (Å²) in [4.78, 5) is 29.3. The van der Waals surface area contributed by atoms with Gasteiger partial charge in [-0.3, -0.25) is 9.69 Å². The molecule has 1 aliphatic heterocycles. The van der Waals surface area contributed by atoms with Gasteiger partial charge in [0.25, 0.3) is 5.91 Å². The smallest absolute Gasteiger partial charge is 0.410 e. The van der Waals surface area contributed by atoms with Gasteiger partial charge in [-0.05, 0) is 62.2 Å². The lowest BCUT2D eigenvalue weighted by molar-refractivity contribution is 0.0139. The van der Waals surface area contributed by atoms with E-state index < -0.39 is 5.60 Å². The van der Waals surface area contributed by atoms with Crippen LogP contribution in [0.3, 0.4) is 0 Å². The van der Waals surface area contributed by atoms with Gasteiger partial charge in [-0.1, -0.05) is 54.1 Å². The Morgan fingerprint density at radius 2 is 1.61 bits per heavy atom. The summed E-state index contributed by atoms with van der Waals surface area (Å²) >= 11 is 6.31. The number of ether oxygens (including phenoxy) is 2. The minimum absolute atomic E-state index is 0.241. The Bertz CT molecular complexity index is 1250. The van der Waals surface area contributed by atoms with Gasteiger partial charge in [0.1, 0.15) is 18.0 Å². The van der Waals surface area contributed by atoms with Gasteiger partial charge in [-0.2, -0.15) is 0 Å². The standard InChI is InChI=1S/C30H34ClN3O4/c1-30(2,3)38-29(36)34-16-14-33(15-17-34)20-23-10-7-11-25(18-23)32-28(35)24-12-13-26(31)27(19-24)37-21-22-8-5-4-6-9-22/h4-13,18-19H,14-17,20-21H2,1-3H3,(H,32,35). The van der Waals surface area contributed by atoms with Gasteiger partial charge in [-0.15, -0.1) is 0 Å². The van der Waals surface area contributed by atoms with Crippen molar-refractivity contribution in [3.05, 3.63) is 94.5 Å². The lowest BCUT2D eigenvalue weighted by atomic mass is 10.1. The first-order valence-electron chi connectivity index (χ1n) is 12.7. The number of amides is 2. The Hall–Kier alpha value is -3.55. The monoisotopic (exact) mass is 535 g/mol. The van der Waals surface area contributed by atoms with Gasteiger partial charge in [0.05, 0.1) is 5.02 Å². The van der Waals surface area contributed by atoms with E-state index in [-0.39, 0.29) is 12.0 Å². The highest BCUT2D eigenvalue weighted by Crippen LogP contribution is 2.27. The number of carbonyl (C=O) groups is 2. The Labute approximate surface area is 229 Å². The average molecular weight is 536 g/mol. The molecule has 200 valence electrons. The maximum Gasteiger partial charge on any atom is 0.410 e. The van der Waals surface area contributed by atoms with Crippen molar-refractivity contribution in [1.82, 2.24) is 9.80 Å². The molecule has 0 radical (unpaired) electrons. The molecular formula is C30H34ClN3O4. The van der Waals surface area contributed by atoms with Crippen LogP contribution in [0.1, 0.15) is 42.3 Å². The van der Waals surface area contributed by atoms with Crippen molar-refractivity contribution in [3.8, 4) is 5.75 Å². The summed E-state index contributed by atoms with van der Waals surface area (Å²) in [6, 6.07) is 22.6. The Morgan fingerprint density at radius 1 is 0.895 bits per heavy atom. The van der Waals surface area contributed by atoms with Crippen LogP contribution in [0.5, 0.6) is 5.75 Å². The first kappa shape index (κ1) is 27.5. The Morgan fingerprint density at radius 3 is 2.32 bits per heavy atom. The van der Waals surface area contributed by atoms with Crippen LogP contribution in [0.4, 0.5) is 10.5 Å². The highest BCUT2D eigenvalue weighted by Gasteiger charge is 2.25. The lowest BCUT2D eigenvalue weighted by Gasteiger charge is -2.35. The van der Waals surface area contributed by atoms with E-state index in [0.29, 0.717) is 41.7 Å². The normalized spacial score (nSPS) is 14.2. The molecule has 0 atom stereocenters. The topological polar surface area (TPSA) is 71.1 Å². The molecule has 38 heavy (non-hydrogen) atoms. The molecule has 0 unspecified atom stereocenters. The molecule has 1 N–H and O–H groups in total. The molecule has 0 bridgehead atoms. The second-order valence-electron chi connectivity index (χ2n) is 10.3. The number of nitrogens with zero attached hydrogens (tertiary/aromatic N) is 2. The number of hydrogen-bond acceptors (Lipinski definition) is 5. The minimum atomic E-state index is -0.498. The van der Waals surface area contributed by atoms with Gasteiger partial charge in [0, 0.05) is 44.0 Å². The summed E-state index contributed by atoms with van der Waals surface area (Å²) in [5.74, 6) is 0.219. The SMILES string of the molecule is CC(C)(C)OC(=O)N1CCN(Cc2cccc(NC(=O)c3ccc(Cl)c(OCc4ccccc4)c3)c2)CC1. The molecule has 4 rings (SSSR count). The summed E-state index contributed by atoms with van der Waals surface area (Å²) in [6.45, 7) is 9.46. The van der Waals surface area contributed by atoms with E-state index in [1.165, 1.54) is 0 Å². The fourth-order valence-electron chi connectivity index (χ4n) is 4.11. The van der Waals surface area contributed by atoms with Gasteiger partial charge >= 0.3 is 6.09 Å². The summed E-state index contributed by atoms with van der Waals surface area (Å²) in [7, 11) is 0. The van der Waals surface area contributed by atoms with Crippen molar-refractivity contribution in [1.29, 1.82) is 0 Å². The molecule has 1 fully saturated rings. The second-order valence-corrected chi connectivity index (χ2v) is 10.7. The van der Waals surface area contributed by atoms with Crippen LogP contribution >= 0.6 is 11.6 Å². The summed E-state index contributed by atoms with van der Waals surface area (Å²) in [5.41, 5.74) is 2.77. The third-order valence-electron chi connectivity index (χ3n) is 6.05. The van der Waals surface area contributed by atoms with Crippen molar-refractivity contribution in [3.63, 3.8) is 0 Å². The number of benzene rings is 3. The fraction of sp³-hybridized carbons (Fsp3) is 0.333. The number of hydrogen-bond donors (Lipinski definition) is 1. The van der Waals surface area contributed by atoms with Crippen LogP contribution in [0.2, 0.25) is 5.02 Å². The van der Waals surface area contributed by atoms with Crippen molar-refractivity contribution in [2.45, 2.75) is 39.5 Å². The number of rotatable bonds is 7. The highest BCUT2D eigenvalue weighted by atomic mass is 35.5. The van der Waals surface area contributed by atoms with Crippen LogP contribution in [0.15, 0.2) is 72.8 Å². The number of nitrogens with one attached hydrogen (secondary N) is 1. The van der Waals surface area contributed by atoms with Crippen LogP contribution in [-0.2, 0) is 17.9 Å². The molecule has 0 saturated carbocycles. The van der Waals surface area contributed by atoms with Gasteiger partial charge < -0.3 is 19.7 Å². The zero-order valence-electron chi connectivity index (χ0n) is 22.1. The molecule has 2 amide bonds. The molecule has 0 aliphatic carbocycles. The molecule has 0 spiro atoms. The van der Waals surface area contributed by atoms with E-state index in [1.54, 1.807) is 23.1 Å². The van der Waals surface area contributed by atoms with Crippen LogP contribution in [-0.4, -0.2) is 53.6 Å². The highest BCUT2D eigenvalue weighted by molar-refractivity contribution is 6.32. The van der Waals surface area contributed by atoms with E-state index >= 15 is 0 Å². The van der Waals surface area contributed by atoms with Crippen molar-refractivity contribution >= 4 is 29.3 Å². The first-order valence-corrected chi connectivity index (χ1v) is 13.1. The second kappa shape index (κ2) is 12.3. The predicted molar refractivity (Wildman–Crippen MR) is 150 cm³/mol. The van der Waals surface area contributed by atoms with Crippen molar-refractivity contribution in [2.24, 2.45) is 0 Å². The van der Waals surface area contributed by atoms with Gasteiger partial charge in [-0.25, -0.2) is 4.79 Å². The largest absolute Gasteiger partial charge is 0.487 e. The minimum Gasteiger partial charge on any atom is -0.487 e. The van der Waals surface area contributed by atoms with E-state index in [9.17, 15) is 9.59 Å². The van der Waals surface area contributed by atoms with E-state index in [2.05, 4.69) is 10.2 Å². The number of piperazine rings is 1. The Balaban J connectivity index is 1.32. The zero-order chi connectivity index (χ0) is 27.1. The summed E-state index contributed by atoms with van der Waals surface area (Å²) < 4.78 is 11.3. The van der Waals surface area contributed by atoms with E-state index in [4.69, 9.17) is 21.1 Å². The summed E-state index contributed by atoms with van der Waals surface area (Å²) in [5, 5.41) is 3.42. The quantitative estimate of drug-likeness (QED) is 0.388. The third-order valence-corrected chi connectivity index (χ3v) is 6.36. The van der Waals surface area contributed by atoms with Crippen LogP contribution in [0.25, 0.3) is 0 Å². The van der Waals surface area contributed by atoms with Crippen LogP contribution < -0.4 is 10.1 Å². The van der Waals surface area contributed by atoms with Gasteiger partial charge in [0.15, 0.2) is 0 Å². The van der Waals surface area contributed by atoms with E-state index in [1.807, 2.05) is 75.4 Å². The lowest BCUT2D eigenvalue weighted by Crippen LogP contribution is -2.49. The third kappa shape index (κ3) is 7.97. The summed E-state index contributed by atoms with van der Waals surface area (Å²) in [6.07, 6.45) is -0.266. The predicted octanol–water partition coefficient (Wildman–Crippen LogP) is 6.22. The average Bonchev–Trinajstić information content (AvgIpc) is 2.88. The fourth-order valence-corrected chi connectivity index (χ4v) is 4.29. The molecule has 3 aromatic rings. The molecule has 8 heteroatoms. The molecule has 3 aromatic carbocycles. The number of halogens is 1. The molecular weight excluding hydrogens is 502 g/mol. The zero-order valence-corrected chi connectivity index (χ0v) is 22.8. The maximum atomic E-state index is 13.0. The molecule has 1 aliphatic rings. The molecule has 1 heterocycles. The van der Waals surface area contributed by atoms with Crippen molar-refractivity contribution < 1.29 is 19.1 Å². The molecule has 7 nitrogen and oxygen atoms in total.